The van der Waals surface area contributed by atoms with Gasteiger partial charge in [-0.25, -0.2) is 22.0 Å². The largest absolute Gasteiger partial charge is 0.452 e. The van der Waals surface area contributed by atoms with Crippen molar-refractivity contribution in [2.24, 2.45) is 0 Å². The number of esters is 1. The number of amides is 1. The monoisotopic (exact) mass is 454 g/mol. The van der Waals surface area contributed by atoms with Gasteiger partial charge in [0.25, 0.3) is 5.91 Å². The van der Waals surface area contributed by atoms with E-state index in [1.54, 1.807) is 26.0 Å². The lowest BCUT2D eigenvalue weighted by Gasteiger charge is -2.18. The Morgan fingerprint density at radius 1 is 1.03 bits per heavy atom. The molecule has 7 nitrogen and oxygen atoms in total. The van der Waals surface area contributed by atoms with Gasteiger partial charge in [-0.2, -0.15) is 4.31 Å². The molecule has 0 saturated heterocycles. The normalized spacial score (nSPS) is 11.4. The van der Waals surface area contributed by atoms with Crippen LogP contribution < -0.4 is 5.32 Å². The van der Waals surface area contributed by atoms with Crippen molar-refractivity contribution in [3.8, 4) is 0 Å². The van der Waals surface area contributed by atoms with Crippen LogP contribution in [0.2, 0.25) is 0 Å². The Morgan fingerprint density at radius 3 is 2.29 bits per heavy atom. The first-order valence-electron chi connectivity index (χ1n) is 9.67. The average molecular weight is 454 g/mol. The molecule has 10 heteroatoms. The van der Waals surface area contributed by atoms with Crippen molar-refractivity contribution >= 4 is 21.9 Å². The van der Waals surface area contributed by atoms with Crippen molar-refractivity contribution in [1.29, 1.82) is 0 Å². The van der Waals surface area contributed by atoms with Crippen molar-refractivity contribution in [3.05, 3.63) is 65.2 Å². The van der Waals surface area contributed by atoms with Crippen LogP contribution in [0.3, 0.4) is 0 Å². The highest BCUT2D eigenvalue weighted by Crippen LogP contribution is 2.20. The maximum absolute atomic E-state index is 14.1. The molecule has 168 valence electrons. The number of benzene rings is 2. The van der Waals surface area contributed by atoms with Crippen molar-refractivity contribution in [1.82, 2.24) is 9.62 Å². The molecular weight excluding hydrogens is 430 g/mol. The third kappa shape index (κ3) is 6.56. The summed E-state index contributed by atoms with van der Waals surface area (Å²) in [7, 11) is -3.89. The first kappa shape index (κ1) is 24.4. The first-order chi connectivity index (χ1) is 14.7. The molecule has 0 aliphatic carbocycles. The van der Waals surface area contributed by atoms with Gasteiger partial charge in [-0.1, -0.05) is 26.0 Å². The topological polar surface area (TPSA) is 92.8 Å². The second kappa shape index (κ2) is 11.0. The van der Waals surface area contributed by atoms with E-state index in [1.807, 2.05) is 0 Å². The van der Waals surface area contributed by atoms with E-state index >= 15 is 0 Å². The fraction of sp³-hybridized carbons (Fsp3) is 0.333. The fourth-order valence-electron chi connectivity index (χ4n) is 2.79. The summed E-state index contributed by atoms with van der Waals surface area (Å²) in [4.78, 5) is 23.8. The molecule has 0 spiro atoms. The van der Waals surface area contributed by atoms with Gasteiger partial charge in [0, 0.05) is 19.6 Å². The Labute approximate surface area is 180 Å². The lowest BCUT2D eigenvalue weighted by atomic mass is 10.1. The standard InChI is InChI=1S/C21H24F2N2O5S/c1-3-25(4-2)31(28,29)17-9-10-19(23)18(13-17)21(27)30-14-20(26)24-12-11-15-5-7-16(22)8-6-15/h5-10,13H,3-4,11-12,14H2,1-2H3,(H,24,26). The highest BCUT2D eigenvalue weighted by Gasteiger charge is 2.25. The molecular formula is C21H24F2N2O5S. The molecule has 0 aliphatic heterocycles. The van der Waals surface area contributed by atoms with Crippen LogP contribution in [0.25, 0.3) is 0 Å². The molecule has 1 N–H and O–H groups in total. The van der Waals surface area contributed by atoms with Gasteiger partial charge in [0.05, 0.1) is 10.5 Å². The van der Waals surface area contributed by atoms with Crippen LogP contribution in [-0.4, -0.2) is 50.8 Å². The zero-order valence-electron chi connectivity index (χ0n) is 17.2. The van der Waals surface area contributed by atoms with E-state index in [0.717, 1.165) is 23.8 Å². The van der Waals surface area contributed by atoms with Crippen LogP contribution in [-0.2, 0) is 26.0 Å². The number of ether oxygens (including phenoxy) is 1. The number of nitrogens with one attached hydrogen (secondary N) is 1. The minimum absolute atomic E-state index is 0.216. The van der Waals surface area contributed by atoms with Gasteiger partial charge in [-0.15, -0.1) is 0 Å². The Balaban J connectivity index is 1.95. The third-order valence-corrected chi connectivity index (χ3v) is 6.53. The lowest BCUT2D eigenvalue weighted by Crippen LogP contribution is -2.31. The molecule has 0 unspecified atom stereocenters. The zero-order chi connectivity index (χ0) is 23.0. The third-order valence-electron chi connectivity index (χ3n) is 4.48. The summed E-state index contributed by atoms with van der Waals surface area (Å²) < 4.78 is 58.1. The molecule has 2 aromatic carbocycles. The Morgan fingerprint density at radius 2 is 1.68 bits per heavy atom. The summed E-state index contributed by atoms with van der Waals surface area (Å²) >= 11 is 0. The van der Waals surface area contributed by atoms with E-state index in [9.17, 15) is 26.8 Å². The number of nitrogens with zero attached hydrogens (tertiary/aromatic N) is 1. The minimum atomic E-state index is -3.89. The average Bonchev–Trinajstić information content (AvgIpc) is 2.74. The van der Waals surface area contributed by atoms with E-state index in [1.165, 1.54) is 16.4 Å². The summed E-state index contributed by atoms with van der Waals surface area (Å²) in [6.07, 6.45) is 0.444. The summed E-state index contributed by atoms with van der Waals surface area (Å²) in [5.41, 5.74) is 0.235. The Kier molecular flexibility index (Phi) is 8.64. The Hall–Kier alpha value is -2.85. The van der Waals surface area contributed by atoms with E-state index in [-0.39, 0.29) is 30.3 Å². The van der Waals surface area contributed by atoms with E-state index in [0.29, 0.717) is 6.42 Å². The van der Waals surface area contributed by atoms with Crippen LogP contribution in [0.1, 0.15) is 29.8 Å². The molecule has 0 bridgehead atoms. The molecule has 2 rings (SSSR count). The molecule has 0 aliphatic rings. The number of carbonyl (C=O) groups is 2. The van der Waals surface area contributed by atoms with Gasteiger partial charge in [-0.3, -0.25) is 4.79 Å². The second-order valence-electron chi connectivity index (χ2n) is 6.53. The number of carbonyl (C=O) groups excluding carboxylic acids is 2. The van der Waals surface area contributed by atoms with Gasteiger partial charge >= 0.3 is 5.97 Å². The summed E-state index contributed by atoms with van der Waals surface area (Å²) in [6, 6.07) is 8.63. The molecule has 0 atom stereocenters. The van der Waals surface area contributed by atoms with Gasteiger partial charge in [0.2, 0.25) is 10.0 Å². The molecule has 31 heavy (non-hydrogen) atoms. The van der Waals surface area contributed by atoms with Crippen LogP contribution >= 0.6 is 0 Å². The van der Waals surface area contributed by atoms with Crippen LogP contribution in [0.5, 0.6) is 0 Å². The van der Waals surface area contributed by atoms with Gasteiger partial charge < -0.3 is 10.1 Å². The predicted octanol–water partition coefficient (Wildman–Crippen LogP) is 2.51. The van der Waals surface area contributed by atoms with Crippen molar-refractivity contribution in [3.63, 3.8) is 0 Å². The number of sulfonamides is 1. The summed E-state index contributed by atoms with van der Waals surface area (Å²) in [6.45, 7) is 3.33. The van der Waals surface area contributed by atoms with Gasteiger partial charge in [0.15, 0.2) is 6.61 Å². The Bertz CT molecular complexity index is 1020. The van der Waals surface area contributed by atoms with Gasteiger partial charge in [0.1, 0.15) is 11.6 Å². The fourth-order valence-corrected chi connectivity index (χ4v) is 4.28. The number of hydrogen-bond acceptors (Lipinski definition) is 5. The number of halogens is 2. The quantitative estimate of drug-likeness (QED) is 0.557. The predicted molar refractivity (Wildman–Crippen MR) is 110 cm³/mol. The van der Waals surface area contributed by atoms with Crippen molar-refractivity contribution in [2.45, 2.75) is 25.2 Å². The second-order valence-corrected chi connectivity index (χ2v) is 8.47. The molecule has 0 aromatic heterocycles. The zero-order valence-corrected chi connectivity index (χ0v) is 18.0. The van der Waals surface area contributed by atoms with Crippen LogP contribution in [0.4, 0.5) is 8.78 Å². The molecule has 1 amide bonds. The lowest BCUT2D eigenvalue weighted by molar-refractivity contribution is -0.124. The molecule has 0 fully saturated rings. The van der Waals surface area contributed by atoms with Gasteiger partial charge in [-0.05, 0) is 42.3 Å². The number of rotatable bonds is 10. The summed E-state index contributed by atoms with van der Waals surface area (Å²) in [5, 5.41) is 2.53. The van der Waals surface area contributed by atoms with E-state index in [4.69, 9.17) is 4.74 Å². The smallest absolute Gasteiger partial charge is 0.341 e. The van der Waals surface area contributed by atoms with E-state index in [2.05, 4.69) is 5.32 Å². The minimum Gasteiger partial charge on any atom is -0.452 e. The van der Waals surface area contributed by atoms with E-state index < -0.39 is 39.9 Å². The van der Waals surface area contributed by atoms with Crippen molar-refractivity contribution in [2.75, 3.05) is 26.2 Å². The molecule has 0 heterocycles. The molecule has 2 aromatic rings. The molecule has 0 saturated carbocycles. The highest BCUT2D eigenvalue weighted by molar-refractivity contribution is 7.89. The van der Waals surface area contributed by atoms with Crippen molar-refractivity contribution < 1.29 is 31.5 Å². The first-order valence-corrected chi connectivity index (χ1v) is 11.1. The molecule has 0 radical (unpaired) electrons. The highest BCUT2D eigenvalue weighted by atomic mass is 32.2. The van der Waals surface area contributed by atoms with Crippen LogP contribution in [0.15, 0.2) is 47.4 Å². The SMILES string of the molecule is CCN(CC)S(=O)(=O)c1ccc(F)c(C(=O)OCC(=O)NCCc2ccc(F)cc2)c1. The maximum Gasteiger partial charge on any atom is 0.341 e. The summed E-state index contributed by atoms with van der Waals surface area (Å²) in [5.74, 6) is -3.08. The number of hydrogen-bond donors (Lipinski definition) is 1. The van der Waals surface area contributed by atoms with Crippen LogP contribution in [0, 0.1) is 11.6 Å². The maximum atomic E-state index is 14.1.